The topological polar surface area (TPSA) is 52.7 Å². The van der Waals surface area contributed by atoms with Crippen LogP contribution in [0.1, 0.15) is 62.2 Å². The van der Waals surface area contributed by atoms with E-state index in [0.717, 1.165) is 38.0 Å². The van der Waals surface area contributed by atoms with Crippen LogP contribution in [-0.4, -0.2) is 48.9 Å². The van der Waals surface area contributed by atoms with Gasteiger partial charge in [-0.05, 0) is 76.4 Å². The molecule has 0 spiro atoms. The fraction of sp³-hybridized carbons (Fsp3) is 0.619. The molecule has 1 aromatic rings. The largest absolute Gasteiger partial charge is 0.352 e. The van der Waals surface area contributed by atoms with E-state index in [1.165, 1.54) is 25.8 Å². The van der Waals surface area contributed by atoms with E-state index in [1.54, 1.807) is 4.90 Å². The Labute approximate surface area is 156 Å². The van der Waals surface area contributed by atoms with Crippen molar-refractivity contribution in [2.45, 2.75) is 57.9 Å². The van der Waals surface area contributed by atoms with Crippen molar-refractivity contribution in [2.24, 2.45) is 0 Å². The third kappa shape index (κ3) is 4.85. The highest BCUT2D eigenvalue weighted by Gasteiger charge is 2.21. The van der Waals surface area contributed by atoms with Crippen molar-refractivity contribution in [1.82, 2.24) is 10.2 Å². The summed E-state index contributed by atoms with van der Waals surface area (Å²) < 4.78 is 0. The van der Waals surface area contributed by atoms with E-state index in [-0.39, 0.29) is 11.8 Å². The predicted molar refractivity (Wildman–Crippen MR) is 104 cm³/mol. The summed E-state index contributed by atoms with van der Waals surface area (Å²) in [7, 11) is 0. The first-order valence-electron chi connectivity index (χ1n) is 10.1. The summed E-state index contributed by atoms with van der Waals surface area (Å²) in [4.78, 5) is 28.4. The van der Waals surface area contributed by atoms with Gasteiger partial charge in [-0.15, -0.1) is 0 Å². The van der Waals surface area contributed by atoms with E-state index >= 15 is 0 Å². The van der Waals surface area contributed by atoms with Gasteiger partial charge < -0.3 is 15.1 Å². The van der Waals surface area contributed by atoms with Gasteiger partial charge in [-0.3, -0.25) is 9.59 Å². The number of hydrogen-bond acceptors (Lipinski definition) is 3. The molecular weight excluding hydrogens is 326 g/mol. The first-order valence-corrected chi connectivity index (χ1v) is 10.1. The lowest BCUT2D eigenvalue weighted by molar-refractivity contribution is -0.117. The minimum Gasteiger partial charge on any atom is -0.352 e. The molecule has 1 atom stereocenters. The summed E-state index contributed by atoms with van der Waals surface area (Å²) in [5, 5.41) is 3.01. The van der Waals surface area contributed by atoms with E-state index in [4.69, 9.17) is 0 Å². The highest BCUT2D eigenvalue weighted by Crippen LogP contribution is 2.21. The Kier molecular flexibility index (Phi) is 6.67. The van der Waals surface area contributed by atoms with Gasteiger partial charge in [0.1, 0.15) is 0 Å². The van der Waals surface area contributed by atoms with Crippen LogP contribution in [0.15, 0.2) is 24.3 Å². The van der Waals surface area contributed by atoms with Crippen molar-refractivity contribution < 1.29 is 9.59 Å². The summed E-state index contributed by atoms with van der Waals surface area (Å²) in [5.74, 6) is 0.140. The number of carbonyl (C=O) groups excluding carboxylic acids is 2. The minimum atomic E-state index is -0.0318. The Morgan fingerprint density at radius 1 is 1.12 bits per heavy atom. The second-order valence-electron chi connectivity index (χ2n) is 7.54. The van der Waals surface area contributed by atoms with E-state index < -0.39 is 0 Å². The van der Waals surface area contributed by atoms with Crippen LogP contribution in [0.2, 0.25) is 0 Å². The monoisotopic (exact) mass is 357 g/mol. The fourth-order valence-corrected chi connectivity index (χ4v) is 3.95. The predicted octanol–water partition coefficient (Wildman–Crippen LogP) is 3.20. The van der Waals surface area contributed by atoms with Gasteiger partial charge in [0, 0.05) is 36.8 Å². The number of piperidine rings is 1. The second-order valence-corrected chi connectivity index (χ2v) is 7.54. The fourth-order valence-electron chi connectivity index (χ4n) is 3.95. The maximum absolute atomic E-state index is 12.3. The van der Waals surface area contributed by atoms with E-state index in [2.05, 4.69) is 17.1 Å². The molecule has 5 heteroatoms. The first kappa shape index (κ1) is 18.9. The molecule has 142 valence electrons. The number of hydrogen-bond donors (Lipinski definition) is 1. The zero-order chi connectivity index (χ0) is 18.4. The van der Waals surface area contributed by atoms with E-state index in [0.29, 0.717) is 24.6 Å². The maximum Gasteiger partial charge on any atom is 0.251 e. The van der Waals surface area contributed by atoms with Gasteiger partial charge in [0.25, 0.3) is 5.91 Å². The zero-order valence-corrected chi connectivity index (χ0v) is 15.9. The molecule has 2 aliphatic rings. The maximum atomic E-state index is 12.3. The quantitative estimate of drug-likeness (QED) is 0.763. The summed E-state index contributed by atoms with van der Waals surface area (Å²) in [6.45, 7) is 6.17. The molecule has 1 aromatic carbocycles. The lowest BCUT2D eigenvalue weighted by Gasteiger charge is -2.33. The van der Waals surface area contributed by atoms with Crippen molar-refractivity contribution in [3.8, 4) is 0 Å². The van der Waals surface area contributed by atoms with Crippen LogP contribution in [0.5, 0.6) is 0 Å². The molecule has 1 N–H and O–H groups in total. The van der Waals surface area contributed by atoms with Crippen LogP contribution in [0.4, 0.5) is 5.69 Å². The number of nitrogens with one attached hydrogen (secondary N) is 1. The Morgan fingerprint density at radius 3 is 2.62 bits per heavy atom. The molecule has 0 saturated carbocycles. The normalized spacial score (nSPS) is 21.2. The Balaban J connectivity index is 1.37. The molecule has 2 saturated heterocycles. The third-order valence-corrected chi connectivity index (χ3v) is 5.61. The highest BCUT2D eigenvalue weighted by atomic mass is 16.2. The molecule has 2 amide bonds. The first-order chi connectivity index (χ1) is 12.6. The number of likely N-dealkylation sites (tertiary alicyclic amines) is 1. The summed E-state index contributed by atoms with van der Waals surface area (Å²) in [6, 6.07) is 8.07. The van der Waals surface area contributed by atoms with Crippen LogP contribution in [0, 0.1) is 0 Å². The van der Waals surface area contributed by atoms with Crippen molar-refractivity contribution in [1.29, 1.82) is 0 Å². The van der Waals surface area contributed by atoms with Crippen molar-refractivity contribution in [2.75, 3.05) is 31.1 Å². The van der Waals surface area contributed by atoms with Crippen molar-refractivity contribution in [3.05, 3.63) is 29.8 Å². The second kappa shape index (κ2) is 9.17. The van der Waals surface area contributed by atoms with Crippen LogP contribution in [-0.2, 0) is 4.79 Å². The number of anilines is 1. The van der Waals surface area contributed by atoms with Crippen molar-refractivity contribution >= 4 is 17.5 Å². The number of nitrogens with zero attached hydrogens (tertiary/aromatic N) is 2. The lowest BCUT2D eigenvalue weighted by Crippen LogP contribution is -2.38. The molecule has 26 heavy (non-hydrogen) atoms. The van der Waals surface area contributed by atoms with Gasteiger partial charge >= 0.3 is 0 Å². The van der Waals surface area contributed by atoms with Gasteiger partial charge in [-0.25, -0.2) is 0 Å². The van der Waals surface area contributed by atoms with Crippen LogP contribution >= 0.6 is 0 Å². The summed E-state index contributed by atoms with van der Waals surface area (Å²) in [6.07, 6.45) is 7.67. The molecule has 2 fully saturated rings. The van der Waals surface area contributed by atoms with Crippen molar-refractivity contribution in [3.63, 3.8) is 0 Å². The smallest absolute Gasteiger partial charge is 0.251 e. The van der Waals surface area contributed by atoms with Gasteiger partial charge in [-0.1, -0.05) is 6.42 Å². The van der Waals surface area contributed by atoms with Gasteiger partial charge in [0.15, 0.2) is 0 Å². The SMILES string of the molecule is C[C@H]1CCCCN1CCCCNC(=O)c1ccc(N2CCCC2=O)cc1. The molecule has 0 bridgehead atoms. The zero-order valence-electron chi connectivity index (χ0n) is 15.9. The lowest BCUT2D eigenvalue weighted by atomic mass is 10.0. The van der Waals surface area contributed by atoms with Gasteiger partial charge in [-0.2, -0.15) is 0 Å². The summed E-state index contributed by atoms with van der Waals surface area (Å²) >= 11 is 0. The number of benzene rings is 1. The van der Waals surface area contributed by atoms with E-state index in [1.807, 2.05) is 24.3 Å². The number of amides is 2. The highest BCUT2D eigenvalue weighted by molar-refractivity contribution is 5.97. The molecule has 0 unspecified atom stereocenters. The molecule has 3 rings (SSSR count). The molecule has 0 aromatic heterocycles. The number of rotatable bonds is 7. The molecule has 2 aliphatic heterocycles. The van der Waals surface area contributed by atoms with Crippen LogP contribution in [0.3, 0.4) is 0 Å². The Hall–Kier alpha value is -1.88. The molecule has 5 nitrogen and oxygen atoms in total. The molecule has 2 heterocycles. The average molecular weight is 357 g/mol. The number of carbonyl (C=O) groups is 2. The van der Waals surface area contributed by atoms with Crippen LogP contribution in [0.25, 0.3) is 0 Å². The van der Waals surface area contributed by atoms with E-state index in [9.17, 15) is 9.59 Å². The molecule has 0 radical (unpaired) electrons. The standard InChI is InChI=1S/C21H31N3O2/c1-17-7-2-4-14-23(17)15-5-3-13-22-21(26)18-9-11-19(12-10-18)24-16-6-8-20(24)25/h9-12,17H,2-8,13-16H2,1H3,(H,22,26)/t17-/m0/s1. The molecular formula is C21H31N3O2. The third-order valence-electron chi connectivity index (χ3n) is 5.61. The Morgan fingerprint density at radius 2 is 1.92 bits per heavy atom. The molecule has 0 aliphatic carbocycles. The Bertz CT molecular complexity index is 614. The summed E-state index contributed by atoms with van der Waals surface area (Å²) in [5.41, 5.74) is 1.55. The minimum absolute atomic E-state index is 0.0318. The van der Waals surface area contributed by atoms with Gasteiger partial charge in [0.2, 0.25) is 5.91 Å². The van der Waals surface area contributed by atoms with Crippen LogP contribution < -0.4 is 10.2 Å². The average Bonchev–Trinajstić information content (AvgIpc) is 3.09. The number of unbranched alkanes of at least 4 members (excludes halogenated alkanes) is 1. The van der Waals surface area contributed by atoms with Gasteiger partial charge in [0.05, 0.1) is 0 Å².